The Morgan fingerprint density at radius 2 is 1.56 bits per heavy atom. The van der Waals surface area contributed by atoms with Crippen molar-refractivity contribution >= 4 is 17.8 Å². The summed E-state index contributed by atoms with van der Waals surface area (Å²) >= 11 is 0. The Kier molecular flexibility index (Phi) is 8.46. The topological polar surface area (TPSA) is 94.6 Å². The molecule has 0 radical (unpaired) electrons. The molecule has 0 fully saturated rings. The molecule has 0 aliphatic carbocycles. The van der Waals surface area contributed by atoms with Crippen LogP contribution in [0.15, 0.2) is 35.3 Å². The van der Waals surface area contributed by atoms with E-state index in [1.807, 2.05) is 51.1 Å². The van der Waals surface area contributed by atoms with Gasteiger partial charge in [0.1, 0.15) is 0 Å². The summed E-state index contributed by atoms with van der Waals surface area (Å²) in [5, 5.41) is 11.4. The van der Waals surface area contributed by atoms with Gasteiger partial charge in [0.2, 0.25) is 11.8 Å². The highest BCUT2D eigenvalue weighted by atomic mass is 16.2. The summed E-state index contributed by atoms with van der Waals surface area (Å²) < 4.78 is 0. The third-order valence-corrected chi connectivity index (χ3v) is 3.15. The van der Waals surface area contributed by atoms with Crippen molar-refractivity contribution in [2.24, 2.45) is 4.99 Å². The molecule has 0 aliphatic heterocycles. The van der Waals surface area contributed by atoms with Crippen LogP contribution in [0.25, 0.3) is 0 Å². The lowest BCUT2D eigenvalue weighted by molar-refractivity contribution is -0.121. The molecule has 7 nitrogen and oxygen atoms in total. The van der Waals surface area contributed by atoms with Gasteiger partial charge < -0.3 is 21.3 Å². The zero-order chi connectivity index (χ0) is 18.7. The zero-order valence-corrected chi connectivity index (χ0v) is 15.5. The third-order valence-electron chi connectivity index (χ3n) is 3.15. The normalized spacial score (nSPS) is 11.6. The van der Waals surface area contributed by atoms with Gasteiger partial charge in [0.15, 0.2) is 5.96 Å². The highest BCUT2D eigenvalue weighted by molar-refractivity contribution is 5.89. The minimum Gasteiger partial charge on any atom is -0.354 e. The van der Waals surface area contributed by atoms with Crippen molar-refractivity contribution in [1.29, 1.82) is 0 Å². The molecule has 138 valence electrons. The number of guanidine groups is 1. The predicted molar refractivity (Wildman–Crippen MR) is 100 cm³/mol. The lowest BCUT2D eigenvalue weighted by atomic mass is 10.1. The summed E-state index contributed by atoms with van der Waals surface area (Å²) in [6, 6.07) is 9.97. The van der Waals surface area contributed by atoms with Crippen LogP contribution < -0.4 is 21.3 Å². The van der Waals surface area contributed by atoms with Crippen LogP contribution in [-0.2, 0) is 16.0 Å². The van der Waals surface area contributed by atoms with Crippen molar-refractivity contribution in [3.8, 4) is 0 Å². The molecular formula is C18H29N5O2. The van der Waals surface area contributed by atoms with E-state index in [1.54, 1.807) is 7.05 Å². The summed E-state index contributed by atoms with van der Waals surface area (Å²) in [5.41, 5.74) is 0.895. The second-order valence-electron chi connectivity index (χ2n) is 6.66. The number of amides is 2. The maximum Gasteiger partial charge on any atom is 0.239 e. The Morgan fingerprint density at radius 3 is 2.12 bits per heavy atom. The zero-order valence-electron chi connectivity index (χ0n) is 15.5. The SMILES string of the molecule is CN=C(NCC(=O)NCCc1ccccc1)NCC(=O)NC(C)(C)C. The van der Waals surface area contributed by atoms with Crippen LogP contribution in [0, 0.1) is 0 Å². The molecule has 0 unspecified atom stereocenters. The number of aliphatic imine (C=N–C) groups is 1. The summed E-state index contributed by atoms with van der Waals surface area (Å²) in [4.78, 5) is 27.6. The van der Waals surface area contributed by atoms with Crippen LogP contribution in [0.3, 0.4) is 0 Å². The fourth-order valence-electron chi connectivity index (χ4n) is 2.06. The number of hydrogen-bond acceptors (Lipinski definition) is 3. The Balaban J connectivity index is 2.23. The number of rotatable bonds is 7. The van der Waals surface area contributed by atoms with E-state index in [0.29, 0.717) is 12.5 Å². The molecule has 4 N–H and O–H groups in total. The van der Waals surface area contributed by atoms with Crippen molar-refractivity contribution in [3.63, 3.8) is 0 Å². The van der Waals surface area contributed by atoms with Crippen molar-refractivity contribution in [2.75, 3.05) is 26.7 Å². The molecular weight excluding hydrogens is 318 g/mol. The molecule has 0 spiro atoms. The molecule has 1 rings (SSSR count). The van der Waals surface area contributed by atoms with Gasteiger partial charge in [0.05, 0.1) is 13.1 Å². The number of carbonyl (C=O) groups is 2. The van der Waals surface area contributed by atoms with E-state index in [1.165, 1.54) is 5.56 Å². The third kappa shape index (κ3) is 10.0. The molecule has 0 aromatic heterocycles. The predicted octanol–water partition coefficient (Wildman–Crippen LogP) is 0.425. The molecule has 7 heteroatoms. The Labute approximate surface area is 149 Å². The second-order valence-corrected chi connectivity index (χ2v) is 6.66. The monoisotopic (exact) mass is 347 g/mol. The quantitative estimate of drug-likeness (QED) is 0.425. The standard InChI is InChI=1S/C18H29N5O2/c1-18(2,3)23-16(25)13-22-17(19-4)21-12-15(24)20-11-10-14-8-6-5-7-9-14/h5-9H,10-13H2,1-4H3,(H,20,24)(H,23,25)(H2,19,21,22). The van der Waals surface area contributed by atoms with Gasteiger partial charge in [-0.1, -0.05) is 30.3 Å². The lowest BCUT2D eigenvalue weighted by Gasteiger charge is -2.21. The summed E-state index contributed by atoms with van der Waals surface area (Å²) in [7, 11) is 1.59. The molecule has 1 aromatic rings. The first-order chi connectivity index (χ1) is 11.8. The summed E-state index contributed by atoms with van der Waals surface area (Å²) in [5.74, 6) is 0.142. The number of carbonyl (C=O) groups excluding carboxylic acids is 2. The Hall–Kier alpha value is -2.57. The maximum absolute atomic E-state index is 11.8. The van der Waals surface area contributed by atoms with Gasteiger partial charge in [-0.2, -0.15) is 0 Å². The minimum atomic E-state index is -0.283. The number of hydrogen-bond donors (Lipinski definition) is 4. The first-order valence-electron chi connectivity index (χ1n) is 8.36. The van der Waals surface area contributed by atoms with E-state index in [2.05, 4.69) is 26.3 Å². The number of benzene rings is 1. The van der Waals surface area contributed by atoms with Crippen LogP contribution in [0.2, 0.25) is 0 Å². The minimum absolute atomic E-state index is 0.0899. The van der Waals surface area contributed by atoms with Crippen LogP contribution in [0.4, 0.5) is 0 Å². The van der Waals surface area contributed by atoms with E-state index in [0.717, 1.165) is 6.42 Å². The molecule has 0 saturated carbocycles. The molecule has 0 aliphatic rings. The van der Waals surface area contributed by atoms with Crippen molar-refractivity contribution in [1.82, 2.24) is 21.3 Å². The van der Waals surface area contributed by atoms with E-state index < -0.39 is 0 Å². The van der Waals surface area contributed by atoms with Gasteiger partial charge in [0, 0.05) is 19.1 Å². The van der Waals surface area contributed by atoms with Crippen LogP contribution in [0.1, 0.15) is 26.3 Å². The summed E-state index contributed by atoms with van der Waals surface area (Å²) in [6.07, 6.45) is 0.784. The molecule has 0 saturated heterocycles. The summed E-state index contributed by atoms with van der Waals surface area (Å²) in [6.45, 7) is 6.50. The molecule has 0 heterocycles. The Bertz CT molecular complexity index is 579. The van der Waals surface area contributed by atoms with E-state index in [9.17, 15) is 9.59 Å². The van der Waals surface area contributed by atoms with Crippen molar-refractivity contribution in [3.05, 3.63) is 35.9 Å². The molecule has 1 aromatic carbocycles. The molecule has 2 amide bonds. The van der Waals surface area contributed by atoms with Gasteiger partial charge >= 0.3 is 0 Å². The van der Waals surface area contributed by atoms with Crippen LogP contribution >= 0.6 is 0 Å². The first kappa shape index (κ1) is 20.5. The number of nitrogens with zero attached hydrogens (tertiary/aromatic N) is 1. The average Bonchev–Trinajstić information content (AvgIpc) is 2.54. The van der Waals surface area contributed by atoms with Gasteiger partial charge in [-0.3, -0.25) is 14.6 Å². The number of nitrogens with one attached hydrogen (secondary N) is 4. The van der Waals surface area contributed by atoms with Gasteiger partial charge in [-0.05, 0) is 32.8 Å². The van der Waals surface area contributed by atoms with E-state index in [4.69, 9.17) is 0 Å². The molecule has 0 bridgehead atoms. The van der Waals surface area contributed by atoms with Crippen molar-refractivity contribution in [2.45, 2.75) is 32.7 Å². The maximum atomic E-state index is 11.8. The van der Waals surface area contributed by atoms with E-state index in [-0.39, 0.29) is 30.4 Å². The van der Waals surface area contributed by atoms with Gasteiger partial charge in [-0.25, -0.2) is 0 Å². The van der Waals surface area contributed by atoms with Gasteiger partial charge in [-0.15, -0.1) is 0 Å². The van der Waals surface area contributed by atoms with E-state index >= 15 is 0 Å². The van der Waals surface area contributed by atoms with Gasteiger partial charge in [0.25, 0.3) is 0 Å². The fourth-order valence-corrected chi connectivity index (χ4v) is 2.06. The average molecular weight is 347 g/mol. The van der Waals surface area contributed by atoms with Crippen LogP contribution in [0.5, 0.6) is 0 Å². The smallest absolute Gasteiger partial charge is 0.239 e. The van der Waals surface area contributed by atoms with Crippen LogP contribution in [-0.4, -0.2) is 50.0 Å². The highest BCUT2D eigenvalue weighted by Crippen LogP contribution is 1.98. The Morgan fingerprint density at radius 1 is 0.960 bits per heavy atom. The highest BCUT2D eigenvalue weighted by Gasteiger charge is 2.13. The first-order valence-corrected chi connectivity index (χ1v) is 8.36. The fraction of sp³-hybridized carbons (Fsp3) is 0.500. The molecule has 25 heavy (non-hydrogen) atoms. The molecule has 0 atom stereocenters. The largest absolute Gasteiger partial charge is 0.354 e. The van der Waals surface area contributed by atoms with Crippen molar-refractivity contribution < 1.29 is 9.59 Å². The lowest BCUT2D eigenvalue weighted by Crippen LogP contribution is -2.49. The second kappa shape index (κ2) is 10.3.